The van der Waals surface area contributed by atoms with Crippen LogP contribution in [-0.4, -0.2) is 6.54 Å². The Bertz CT molecular complexity index is 108. The van der Waals surface area contributed by atoms with E-state index >= 15 is 0 Å². The lowest BCUT2D eigenvalue weighted by Gasteiger charge is -2.22. The van der Waals surface area contributed by atoms with Crippen molar-refractivity contribution in [1.29, 1.82) is 0 Å². The minimum atomic E-state index is 0.204. The first-order chi connectivity index (χ1) is 4.48. The molecule has 60 valence electrons. The van der Waals surface area contributed by atoms with Gasteiger partial charge in [0.15, 0.2) is 0 Å². The highest BCUT2D eigenvalue weighted by Gasteiger charge is 2.13. The third-order valence-electron chi connectivity index (χ3n) is 1.49. The van der Waals surface area contributed by atoms with Crippen LogP contribution in [0, 0.1) is 5.41 Å². The summed E-state index contributed by atoms with van der Waals surface area (Å²) in [6.07, 6.45) is 1.16. The molecule has 0 aliphatic carbocycles. The van der Waals surface area contributed by atoms with E-state index in [1.54, 1.807) is 0 Å². The maximum Gasteiger partial charge on any atom is 0.0141 e. The SMILES string of the molecule is C=C(NCCC)C(C)(C)C. The average molecular weight is 141 g/mol. The van der Waals surface area contributed by atoms with Gasteiger partial charge >= 0.3 is 0 Å². The first-order valence-electron chi connectivity index (χ1n) is 3.91. The van der Waals surface area contributed by atoms with Crippen molar-refractivity contribution in [3.8, 4) is 0 Å². The van der Waals surface area contributed by atoms with Gasteiger partial charge in [-0.05, 0) is 6.42 Å². The van der Waals surface area contributed by atoms with E-state index in [0.29, 0.717) is 0 Å². The van der Waals surface area contributed by atoms with Crippen LogP contribution >= 0.6 is 0 Å². The van der Waals surface area contributed by atoms with E-state index in [9.17, 15) is 0 Å². The summed E-state index contributed by atoms with van der Waals surface area (Å²) in [4.78, 5) is 0. The zero-order valence-electron chi connectivity index (χ0n) is 7.62. The van der Waals surface area contributed by atoms with Gasteiger partial charge in [-0.15, -0.1) is 0 Å². The monoisotopic (exact) mass is 141 g/mol. The Balaban J connectivity index is 3.64. The van der Waals surface area contributed by atoms with Gasteiger partial charge in [0.05, 0.1) is 0 Å². The molecule has 0 aliphatic heterocycles. The molecule has 10 heavy (non-hydrogen) atoms. The number of nitrogens with one attached hydrogen (secondary N) is 1. The van der Waals surface area contributed by atoms with Gasteiger partial charge < -0.3 is 5.32 Å². The third-order valence-corrected chi connectivity index (χ3v) is 1.49. The molecule has 1 heteroatoms. The van der Waals surface area contributed by atoms with Crippen LogP contribution in [0.4, 0.5) is 0 Å². The fourth-order valence-corrected chi connectivity index (χ4v) is 0.541. The molecule has 0 aromatic heterocycles. The maximum absolute atomic E-state index is 3.95. The molecule has 0 aromatic rings. The quantitative estimate of drug-likeness (QED) is 0.637. The number of rotatable bonds is 3. The van der Waals surface area contributed by atoms with Gasteiger partial charge in [-0.3, -0.25) is 0 Å². The molecule has 0 spiro atoms. The summed E-state index contributed by atoms with van der Waals surface area (Å²) in [5.74, 6) is 0. The van der Waals surface area contributed by atoms with Gasteiger partial charge in [0, 0.05) is 17.7 Å². The predicted octanol–water partition coefficient (Wildman–Crippen LogP) is 2.55. The summed E-state index contributed by atoms with van der Waals surface area (Å²) in [7, 11) is 0. The van der Waals surface area contributed by atoms with E-state index in [4.69, 9.17) is 0 Å². The number of allylic oxidation sites excluding steroid dienone is 1. The first-order valence-corrected chi connectivity index (χ1v) is 3.91. The molecule has 0 rings (SSSR count). The minimum absolute atomic E-state index is 0.204. The zero-order valence-corrected chi connectivity index (χ0v) is 7.62. The van der Waals surface area contributed by atoms with E-state index < -0.39 is 0 Å². The standard InChI is InChI=1S/C9H19N/c1-6-7-10-8(2)9(3,4)5/h10H,2,6-7H2,1,3-5H3. The lowest BCUT2D eigenvalue weighted by atomic mass is 9.93. The molecular weight excluding hydrogens is 122 g/mol. The largest absolute Gasteiger partial charge is 0.388 e. The van der Waals surface area contributed by atoms with Gasteiger partial charge in [-0.2, -0.15) is 0 Å². The molecule has 0 saturated carbocycles. The van der Waals surface area contributed by atoms with Gasteiger partial charge in [0.2, 0.25) is 0 Å². The summed E-state index contributed by atoms with van der Waals surface area (Å²) in [6, 6.07) is 0. The minimum Gasteiger partial charge on any atom is -0.388 e. The van der Waals surface area contributed by atoms with Crippen LogP contribution < -0.4 is 5.32 Å². The lowest BCUT2D eigenvalue weighted by Crippen LogP contribution is -2.23. The van der Waals surface area contributed by atoms with Gasteiger partial charge in [0.25, 0.3) is 0 Å². The molecular formula is C9H19N. The Morgan fingerprint density at radius 2 is 1.90 bits per heavy atom. The summed E-state index contributed by atoms with van der Waals surface area (Å²) >= 11 is 0. The highest BCUT2D eigenvalue weighted by Crippen LogP contribution is 2.20. The summed E-state index contributed by atoms with van der Waals surface area (Å²) in [6.45, 7) is 13.6. The Kier molecular flexibility index (Phi) is 3.48. The van der Waals surface area contributed by atoms with Crippen molar-refractivity contribution in [2.24, 2.45) is 5.41 Å². The molecule has 1 N–H and O–H groups in total. The van der Waals surface area contributed by atoms with Crippen LogP contribution in [0.2, 0.25) is 0 Å². The third kappa shape index (κ3) is 3.54. The molecule has 0 unspecified atom stereocenters. The summed E-state index contributed by atoms with van der Waals surface area (Å²) in [5.41, 5.74) is 1.34. The van der Waals surface area contributed by atoms with E-state index in [-0.39, 0.29) is 5.41 Å². The molecule has 0 aliphatic rings. The van der Waals surface area contributed by atoms with Crippen molar-refractivity contribution in [1.82, 2.24) is 5.32 Å². The molecule has 0 radical (unpaired) electrons. The smallest absolute Gasteiger partial charge is 0.0141 e. The van der Waals surface area contributed by atoms with Crippen LogP contribution in [0.5, 0.6) is 0 Å². The Hall–Kier alpha value is -0.460. The average Bonchev–Trinajstić information content (AvgIpc) is 1.80. The Morgan fingerprint density at radius 3 is 2.20 bits per heavy atom. The van der Waals surface area contributed by atoms with Crippen LogP contribution in [-0.2, 0) is 0 Å². The zero-order chi connectivity index (χ0) is 8.20. The molecule has 0 bridgehead atoms. The van der Waals surface area contributed by atoms with E-state index in [0.717, 1.165) is 18.7 Å². The second-order valence-corrected chi connectivity index (χ2v) is 3.66. The predicted molar refractivity (Wildman–Crippen MR) is 46.9 cm³/mol. The molecule has 0 amide bonds. The molecule has 1 nitrogen and oxygen atoms in total. The highest BCUT2D eigenvalue weighted by molar-refractivity contribution is 5.01. The van der Waals surface area contributed by atoms with Crippen LogP contribution in [0.15, 0.2) is 12.3 Å². The van der Waals surface area contributed by atoms with Crippen LogP contribution in [0.3, 0.4) is 0 Å². The topological polar surface area (TPSA) is 12.0 Å². The molecule has 0 heterocycles. The van der Waals surface area contributed by atoms with Crippen molar-refractivity contribution in [3.63, 3.8) is 0 Å². The summed E-state index contributed by atoms with van der Waals surface area (Å²) in [5, 5.41) is 3.28. The normalized spacial score (nSPS) is 11.2. The van der Waals surface area contributed by atoms with Crippen molar-refractivity contribution in [2.75, 3.05) is 6.54 Å². The van der Waals surface area contributed by atoms with Crippen molar-refractivity contribution >= 4 is 0 Å². The van der Waals surface area contributed by atoms with Crippen molar-refractivity contribution in [2.45, 2.75) is 34.1 Å². The molecule has 0 fully saturated rings. The number of hydrogen-bond donors (Lipinski definition) is 1. The maximum atomic E-state index is 3.95. The second kappa shape index (κ2) is 3.65. The fourth-order valence-electron chi connectivity index (χ4n) is 0.541. The first kappa shape index (κ1) is 9.54. The van der Waals surface area contributed by atoms with E-state index in [2.05, 4.69) is 39.6 Å². The van der Waals surface area contributed by atoms with Crippen molar-refractivity contribution in [3.05, 3.63) is 12.3 Å². The van der Waals surface area contributed by atoms with E-state index in [1.165, 1.54) is 0 Å². The van der Waals surface area contributed by atoms with Gasteiger partial charge in [0.1, 0.15) is 0 Å². The number of hydrogen-bond acceptors (Lipinski definition) is 1. The summed E-state index contributed by atoms with van der Waals surface area (Å²) < 4.78 is 0. The highest BCUT2D eigenvalue weighted by atomic mass is 14.9. The van der Waals surface area contributed by atoms with Crippen LogP contribution in [0.25, 0.3) is 0 Å². The molecule has 0 atom stereocenters. The molecule has 0 aromatic carbocycles. The molecule has 0 saturated heterocycles. The fraction of sp³-hybridized carbons (Fsp3) is 0.778. The Labute approximate surface area is 64.5 Å². The Morgan fingerprint density at radius 1 is 1.40 bits per heavy atom. The lowest BCUT2D eigenvalue weighted by molar-refractivity contribution is 0.462. The second-order valence-electron chi connectivity index (χ2n) is 3.66. The van der Waals surface area contributed by atoms with Crippen molar-refractivity contribution < 1.29 is 0 Å². The van der Waals surface area contributed by atoms with Gasteiger partial charge in [-0.1, -0.05) is 34.3 Å². The van der Waals surface area contributed by atoms with Crippen LogP contribution in [0.1, 0.15) is 34.1 Å². The van der Waals surface area contributed by atoms with E-state index in [1.807, 2.05) is 0 Å². The van der Waals surface area contributed by atoms with Gasteiger partial charge in [-0.25, -0.2) is 0 Å².